The quantitative estimate of drug-likeness (QED) is 0.651. The maximum Gasteiger partial charge on any atom is 0.220 e. The topological polar surface area (TPSA) is 78.5 Å². The molecule has 1 aliphatic rings. The lowest BCUT2D eigenvalue weighted by Gasteiger charge is -2.22. The molecule has 0 bridgehead atoms. The van der Waals surface area contributed by atoms with E-state index in [1.54, 1.807) is 0 Å². The van der Waals surface area contributed by atoms with E-state index in [-0.39, 0.29) is 18.2 Å². The monoisotopic (exact) mass is 319 g/mol. The zero-order chi connectivity index (χ0) is 15.7. The van der Waals surface area contributed by atoms with Gasteiger partial charge < -0.3 is 10.6 Å². The van der Waals surface area contributed by atoms with Crippen LogP contribution in [0.25, 0.3) is 0 Å². The van der Waals surface area contributed by atoms with Gasteiger partial charge in [0.2, 0.25) is 15.9 Å². The van der Waals surface area contributed by atoms with Gasteiger partial charge in [-0.25, -0.2) is 12.7 Å². The molecule has 0 atom stereocenters. The fraction of sp³-hybridized carbons (Fsp3) is 0.929. The zero-order valence-corrected chi connectivity index (χ0v) is 14.0. The number of carbonyl (C=O) groups excluding carboxylic acids is 1. The van der Waals surface area contributed by atoms with Crippen LogP contribution < -0.4 is 10.6 Å². The van der Waals surface area contributed by atoms with Crippen molar-refractivity contribution < 1.29 is 13.2 Å². The number of hydrogen-bond acceptors (Lipinski definition) is 4. The number of carbonyl (C=O) groups is 1. The van der Waals surface area contributed by atoms with Gasteiger partial charge in [-0.05, 0) is 38.3 Å². The molecule has 0 aromatic heterocycles. The summed E-state index contributed by atoms with van der Waals surface area (Å²) in [7, 11) is -3.24. The number of nitrogens with one attached hydrogen (secondary N) is 2. The van der Waals surface area contributed by atoms with Gasteiger partial charge in [0.15, 0.2) is 0 Å². The average molecular weight is 319 g/mol. The van der Waals surface area contributed by atoms with Crippen molar-refractivity contribution in [3.63, 3.8) is 0 Å². The number of rotatable bonds is 9. The third-order valence-corrected chi connectivity index (χ3v) is 6.04. The van der Waals surface area contributed by atoms with E-state index in [9.17, 15) is 13.2 Å². The van der Waals surface area contributed by atoms with Crippen LogP contribution in [0.5, 0.6) is 0 Å². The molecule has 1 heterocycles. The van der Waals surface area contributed by atoms with Crippen LogP contribution in [0.15, 0.2) is 0 Å². The van der Waals surface area contributed by atoms with Crippen molar-refractivity contribution in [2.24, 2.45) is 5.92 Å². The Kier molecular flexibility index (Phi) is 8.21. The summed E-state index contributed by atoms with van der Waals surface area (Å²) in [6.07, 6.45) is 3.65. The van der Waals surface area contributed by atoms with E-state index in [2.05, 4.69) is 10.6 Å². The highest BCUT2D eigenvalue weighted by Crippen LogP contribution is 2.17. The van der Waals surface area contributed by atoms with E-state index >= 15 is 0 Å². The lowest BCUT2D eigenvalue weighted by molar-refractivity contribution is -0.121. The lowest BCUT2D eigenvalue weighted by Crippen LogP contribution is -2.37. The van der Waals surface area contributed by atoms with E-state index < -0.39 is 10.0 Å². The first kappa shape index (κ1) is 18.4. The van der Waals surface area contributed by atoms with Gasteiger partial charge in [0.25, 0.3) is 0 Å². The van der Waals surface area contributed by atoms with Crippen molar-refractivity contribution in [3.8, 4) is 0 Å². The van der Waals surface area contributed by atoms with Crippen LogP contribution in [0.2, 0.25) is 0 Å². The molecule has 6 nitrogen and oxygen atoms in total. The second kappa shape index (κ2) is 9.38. The Morgan fingerprint density at radius 1 is 1.24 bits per heavy atom. The highest BCUT2D eigenvalue weighted by Gasteiger charge is 2.19. The van der Waals surface area contributed by atoms with Gasteiger partial charge in [0, 0.05) is 26.1 Å². The Hall–Kier alpha value is -0.660. The first-order chi connectivity index (χ1) is 9.99. The van der Waals surface area contributed by atoms with E-state index in [1.165, 1.54) is 4.31 Å². The van der Waals surface area contributed by atoms with Crippen molar-refractivity contribution in [2.75, 3.05) is 38.5 Å². The molecule has 1 aliphatic heterocycles. The molecular weight excluding hydrogens is 290 g/mol. The standard InChI is InChI=1S/C14H29N3O3S/c1-3-17(4-2)21(19,20)12-11-16-14(18)6-5-13-7-9-15-10-8-13/h13,15H,3-12H2,1-2H3,(H,16,18). The van der Waals surface area contributed by atoms with Gasteiger partial charge in [-0.3, -0.25) is 4.79 Å². The van der Waals surface area contributed by atoms with Crippen molar-refractivity contribution >= 4 is 15.9 Å². The van der Waals surface area contributed by atoms with Crippen molar-refractivity contribution in [2.45, 2.75) is 39.5 Å². The highest BCUT2D eigenvalue weighted by molar-refractivity contribution is 7.89. The maximum absolute atomic E-state index is 11.9. The zero-order valence-electron chi connectivity index (χ0n) is 13.2. The Bertz CT molecular complexity index is 402. The largest absolute Gasteiger partial charge is 0.355 e. The van der Waals surface area contributed by atoms with Gasteiger partial charge >= 0.3 is 0 Å². The predicted molar refractivity (Wildman–Crippen MR) is 84.5 cm³/mol. The second-order valence-corrected chi connectivity index (χ2v) is 7.57. The third kappa shape index (κ3) is 6.76. The summed E-state index contributed by atoms with van der Waals surface area (Å²) in [6, 6.07) is 0. The Balaban J connectivity index is 2.20. The smallest absolute Gasteiger partial charge is 0.220 e. The molecule has 0 spiro atoms. The summed E-state index contributed by atoms with van der Waals surface area (Å²) in [6.45, 7) is 6.86. The van der Waals surface area contributed by atoms with Gasteiger partial charge in [-0.15, -0.1) is 0 Å². The first-order valence-corrected chi connectivity index (χ1v) is 9.55. The summed E-state index contributed by atoms with van der Waals surface area (Å²) >= 11 is 0. The molecule has 21 heavy (non-hydrogen) atoms. The number of hydrogen-bond donors (Lipinski definition) is 2. The van der Waals surface area contributed by atoms with Crippen LogP contribution in [0.1, 0.15) is 39.5 Å². The molecule has 124 valence electrons. The van der Waals surface area contributed by atoms with Crippen molar-refractivity contribution in [1.29, 1.82) is 0 Å². The molecule has 1 fully saturated rings. The average Bonchev–Trinajstić information content (AvgIpc) is 2.47. The fourth-order valence-corrected chi connectivity index (χ4v) is 4.06. The van der Waals surface area contributed by atoms with Crippen LogP contribution in [0, 0.1) is 5.92 Å². The van der Waals surface area contributed by atoms with E-state index in [4.69, 9.17) is 0 Å². The normalized spacial score (nSPS) is 17.1. The minimum atomic E-state index is -3.24. The van der Waals surface area contributed by atoms with Crippen LogP contribution in [0.4, 0.5) is 0 Å². The number of sulfonamides is 1. The van der Waals surface area contributed by atoms with E-state index in [1.807, 2.05) is 13.8 Å². The summed E-state index contributed by atoms with van der Waals surface area (Å²) < 4.78 is 25.3. The Morgan fingerprint density at radius 3 is 2.43 bits per heavy atom. The fourth-order valence-electron chi connectivity index (χ4n) is 2.66. The van der Waals surface area contributed by atoms with Crippen LogP contribution in [-0.4, -0.2) is 57.1 Å². The minimum absolute atomic E-state index is 0.0201. The van der Waals surface area contributed by atoms with E-state index in [0.29, 0.717) is 25.4 Å². The molecule has 0 saturated carbocycles. The molecule has 1 saturated heterocycles. The molecular formula is C14H29N3O3S. The predicted octanol–water partition coefficient (Wildman–Crippen LogP) is 0.554. The first-order valence-electron chi connectivity index (χ1n) is 7.94. The number of amides is 1. The molecule has 0 radical (unpaired) electrons. The van der Waals surface area contributed by atoms with Crippen LogP contribution >= 0.6 is 0 Å². The van der Waals surface area contributed by atoms with Gasteiger partial charge in [0.05, 0.1) is 5.75 Å². The summed E-state index contributed by atoms with van der Waals surface area (Å²) in [5.74, 6) is 0.563. The Labute approximate surface area is 128 Å². The van der Waals surface area contributed by atoms with Gasteiger partial charge in [0.1, 0.15) is 0 Å². The van der Waals surface area contributed by atoms with Crippen molar-refractivity contribution in [1.82, 2.24) is 14.9 Å². The molecule has 1 rings (SSSR count). The molecule has 7 heteroatoms. The maximum atomic E-state index is 11.9. The number of piperidine rings is 1. The minimum Gasteiger partial charge on any atom is -0.355 e. The summed E-state index contributed by atoms with van der Waals surface area (Å²) in [4.78, 5) is 11.7. The lowest BCUT2D eigenvalue weighted by atomic mass is 9.93. The molecule has 1 amide bonds. The molecule has 0 aromatic rings. The van der Waals surface area contributed by atoms with Crippen LogP contribution in [-0.2, 0) is 14.8 Å². The second-order valence-electron chi connectivity index (χ2n) is 5.48. The summed E-state index contributed by atoms with van der Waals surface area (Å²) in [5.41, 5.74) is 0. The molecule has 0 aliphatic carbocycles. The Morgan fingerprint density at radius 2 is 1.86 bits per heavy atom. The third-order valence-electron chi connectivity index (χ3n) is 4.02. The van der Waals surface area contributed by atoms with Gasteiger partial charge in [-0.1, -0.05) is 13.8 Å². The van der Waals surface area contributed by atoms with E-state index in [0.717, 1.165) is 32.4 Å². The molecule has 2 N–H and O–H groups in total. The van der Waals surface area contributed by atoms with Crippen LogP contribution in [0.3, 0.4) is 0 Å². The SMILES string of the molecule is CCN(CC)S(=O)(=O)CCNC(=O)CCC1CCNCC1. The summed E-state index contributed by atoms with van der Waals surface area (Å²) in [5, 5.41) is 6.02. The molecule has 0 aromatic carbocycles. The van der Waals surface area contributed by atoms with Gasteiger partial charge in [-0.2, -0.15) is 0 Å². The molecule has 0 unspecified atom stereocenters. The van der Waals surface area contributed by atoms with Crippen molar-refractivity contribution in [3.05, 3.63) is 0 Å². The highest BCUT2D eigenvalue weighted by atomic mass is 32.2. The number of nitrogens with zero attached hydrogens (tertiary/aromatic N) is 1.